The fourth-order valence-electron chi connectivity index (χ4n) is 3.71. The maximum atomic E-state index is 13.1. The molecule has 0 fully saturated rings. The summed E-state index contributed by atoms with van der Waals surface area (Å²) in [5.74, 6) is -0.162. The van der Waals surface area contributed by atoms with E-state index >= 15 is 0 Å². The highest BCUT2D eigenvalue weighted by Crippen LogP contribution is 2.38. The van der Waals surface area contributed by atoms with Crippen LogP contribution in [0.25, 0.3) is 0 Å². The highest BCUT2D eigenvalue weighted by atomic mass is 32.1. The van der Waals surface area contributed by atoms with Gasteiger partial charge in [-0.1, -0.05) is 48.5 Å². The van der Waals surface area contributed by atoms with Crippen molar-refractivity contribution in [1.82, 2.24) is 4.90 Å². The fraction of sp³-hybridized carbons (Fsp3) is 0.227. The van der Waals surface area contributed by atoms with E-state index in [0.717, 1.165) is 29.7 Å². The number of amides is 1. The molecule has 6 heteroatoms. The summed E-state index contributed by atoms with van der Waals surface area (Å²) in [6.45, 7) is 0.560. The third-order valence-corrected chi connectivity index (χ3v) is 6.01. The first kappa shape index (κ1) is 18.7. The molecule has 0 radical (unpaired) electrons. The maximum Gasteiger partial charge on any atom is 0.416 e. The van der Waals surface area contributed by atoms with Gasteiger partial charge in [0.05, 0.1) is 18.0 Å². The maximum absolute atomic E-state index is 13.1. The molecule has 4 rings (SSSR count). The minimum absolute atomic E-state index is 0.0489. The standard InChI is InChI=1S/C22H18F3NOS/c23-22(24,25)17-8-4-5-15(13-17)14-20(27)26-11-9-19-18(10-12-28-19)21(26)16-6-2-1-3-7-16/h1-8,10,12-13,21H,9,11,14H2. The highest BCUT2D eigenvalue weighted by Gasteiger charge is 2.33. The summed E-state index contributed by atoms with van der Waals surface area (Å²) in [4.78, 5) is 16.1. The number of nitrogens with zero attached hydrogens (tertiary/aromatic N) is 1. The Kier molecular flexibility index (Phi) is 4.98. The van der Waals surface area contributed by atoms with Gasteiger partial charge in [-0.3, -0.25) is 4.79 Å². The summed E-state index contributed by atoms with van der Waals surface area (Å²) in [6.07, 6.45) is -3.69. The van der Waals surface area contributed by atoms with Crippen molar-refractivity contribution < 1.29 is 18.0 Å². The van der Waals surface area contributed by atoms with E-state index < -0.39 is 11.7 Å². The second-order valence-corrected chi connectivity index (χ2v) is 7.83. The van der Waals surface area contributed by atoms with Crippen LogP contribution in [-0.2, 0) is 23.8 Å². The van der Waals surface area contributed by atoms with Crippen LogP contribution in [0.2, 0.25) is 0 Å². The Labute approximate surface area is 165 Å². The van der Waals surface area contributed by atoms with Gasteiger partial charge in [0, 0.05) is 11.4 Å². The number of thiophene rings is 1. The summed E-state index contributed by atoms with van der Waals surface area (Å²) in [5, 5.41) is 2.03. The molecular weight excluding hydrogens is 383 g/mol. The lowest BCUT2D eigenvalue weighted by Crippen LogP contribution is -2.40. The fourth-order valence-corrected chi connectivity index (χ4v) is 4.62. The van der Waals surface area contributed by atoms with Crippen LogP contribution in [0.1, 0.15) is 33.2 Å². The van der Waals surface area contributed by atoms with Crippen LogP contribution in [0, 0.1) is 0 Å². The predicted molar refractivity (Wildman–Crippen MR) is 103 cm³/mol. The van der Waals surface area contributed by atoms with Crippen molar-refractivity contribution in [1.29, 1.82) is 0 Å². The minimum atomic E-state index is -4.41. The van der Waals surface area contributed by atoms with Gasteiger partial charge in [0.25, 0.3) is 0 Å². The monoisotopic (exact) mass is 401 g/mol. The molecule has 1 aliphatic rings. The second-order valence-electron chi connectivity index (χ2n) is 6.82. The first-order valence-electron chi connectivity index (χ1n) is 9.00. The molecule has 144 valence electrons. The molecule has 2 aromatic carbocycles. The van der Waals surface area contributed by atoms with Gasteiger partial charge in [0.1, 0.15) is 0 Å². The van der Waals surface area contributed by atoms with Crippen LogP contribution in [0.4, 0.5) is 13.2 Å². The van der Waals surface area contributed by atoms with E-state index in [4.69, 9.17) is 0 Å². The van der Waals surface area contributed by atoms with Crippen molar-refractivity contribution in [2.75, 3.05) is 6.54 Å². The van der Waals surface area contributed by atoms with Crippen LogP contribution in [0.3, 0.4) is 0 Å². The summed E-state index contributed by atoms with van der Waals surface area (Å²) in [6, 6.07) is 16.6. The van der Waals surface area contributed by atoms with Crippen molar-refractivity contribution in [2.45, 2.75) is 25.1 Å². The quantitative estimate of drug-likeness (QED) is 0.569. The highest BCUT2D eigenvalue weighted by molar-refractivity contribution is 7.10. The number of benzene rings is 2. The molecule has 2 nitrogen and oxygen atoms in total. The van der Waals surface area contributed by atoms with Crippen LogP contribution in [-0.4, -0.2) is 17.4 Å². The van der Waals surface area contributed by atoms with Gasteiger partial charge >= 0.3 is 6.18 Å². The van der Waals surface area contributed by atoms with E-state index in [-0.39, 0.29) is 18.4 Å². The molecule has 0 bridgehead atoms. The van der Waals surface area contributed by atoms with E-state index in [2.05, 4.69) is 0 Å². The lowest BCUT2D eigenvalue weighted by Gasteiger charge is -2.36. The Bertz CT molecular complexity index is 981. The SMILES string of the molecule is O=C(Cc1cccc(C(F)(F)F)c1)N1CCc2sccc2C1c1ccccc1. The van der Waals surface area contributed by atoms with Crippen molar-refractivity contribution in [3.8, 4) is 0 Å². The van der Waals surface area contributed by atoms with Gasteiger partial charge in [-0.25, -0.2) is 0 Å². The molecule has 0 saturated heterocycles. The number of rotatable bonds is 3. The Morgan fingerprint density at radius 3 is 2.61 bits per heavy atom. The summed E-state index contributed by atoms with van der Waals surface area (Å²) < 4.78 is 38.9. The molecule has 1 amide bonds. The smallest absolute Gasteiger partial charge is 0.331 e. The normalized spacial score (nSPS) is 16.7. The first-order chi connectivity index (χ1) is 13.4. The average Bonchev–Trinajstić information content (AvgIpc) is 3.16. The van der Waals surface area contributed by atoms with Gasteiger partial charge < -0.3 is 4.90 Å². The topological polar surface area (TPSA) is 20.3 Å². The lowest BCUT2D eigenvalue weighted by molar-refractivity contribution is -0.138. The number of fused-ring (bicyclic) bond motifs is 1. The number of halogens is 3. The third-order valence-electron chi connectivity index (χ3n) is 5.01. The molecule has 0 spiro atoms. The molecule has 2 heterocycles. The zero-order valence-corrected chi connectivity index (χ0v) is 15.8. The Morgan fingerprint density at radius 2 is 1.86 bits per heavy atom. The van der Waals surface area contributed by atoms with Gasteiger partial charge in [-0.15, -0.1) is 11.3 Å². The van der Waals surface area contributed by atoms with E-state index in [1.165, 1.54) is 10.9 Å². The summed E-state index contributed by atoms with van der Waals surface area (Å²) in [7, 11) is 0. The second kappa shape index (κ2) is 7.43. The lowest BCUT2D eigenvalue weighted by atomic mass is 9.92. The van der Waals surface area contributed by atoms with E-state index in [9.17, 15) is 18.0 Å². The number of alkyl halides is 3. The molecule has 1 atom stereocenters. The average molecular weight is 401 g/mol. The predicted octanol–water partition coefficient (Wildman–Crippen LogP) is 5.48. The Balaban J connectivity index is 1.63. The molecule has 1 aliphatic heterocycles. The van der Waals surface area contributed by atoms with Gasteiger partial charge in [0.15, 0.2) is 0 Å². The zero-order valence-electron chi connectivity index (χ0n) is 14.9. The summed E-state index contributed by atoms with van der Waals surface area (Å²) >= 11 is 1.68. The van der Waals surface area contributed by atoms with Gasteiger partial charge in [-0.05, 0) is 40.6 Å². The molecule has 28 heavy (non-hydrogen) atoms. The van der Waals surface area contributed by atoms with Crippen LogP contribution < -0.4 is 0 Å². The third kappa shape index (κ3) is 3.69. The number of carbonyl (C=O) groups excluding carboxylic acids is 1. The molecule has 0 N–H and O–H groups in total. The largest absolute Gasteiger partial charge is 0.416 e. The number of carbonyl (C=O) groups is 1. The van der Waals surface area contributed by atoms with Crippen LogP contribution >= 0.6 is 11.3 Å². The molecule has 0 saturated carbocycles. The van der Waals surface area contributed by atoms with E-state index in [1.54, 1.807) is 22.3 Å². The van der Waals surface area contributed by atoms with Crippen molar-refractivity contribution in [3.63, 3.8) is 0 Å². The molecule has 0 aliphatic carbocycles. The molecule has 1 unspecified atom stereocenters. The Morgan fingerprint density at radius 1 is 1.07 bits per heavy atom. The van der Waals surface area contributed by atoms with Crippen molar-refractivity contribution in [3.05, 3.63) is 93.2 Å². The van der Waals surface area contributed by atoms with E-state index in [0.29, 0.717) is 12.1 Å². The number of hydrogen-bond acceptors (Lipinski definition) is 2. The molecular formula is C22H18F3NOS. The number of hydrogen-bond donors (Lipinski definition) is 0. The van der Waals surface area contributed by atoms with E-state index in [1.807, 2.05) is 41.8 Å². The van der Waals surface area contributed by atoms with Crippen molar-refractivity contribution >= 4 is 17.2 Å². The molecule has 3 aromatic rings. The van der Waals surface area contributed by atoms with Gasteiger partial charge in [-0.2, -0.15) is 13.2 Å². The van der Waals surface area contributed by atoms with Crippen LogP contribution in [0.5, 0.6) is 0 Å². The first-order valence-corrected chi connectivity index (χ1v) is 9.88. The van der Waals surface area contributed by atoms with Crippen molar-refractivity contribution in [2.24, 2.45) is 0 Å². The summed E-state index contributed by atoms with van der Waals surface area (Å²) in [5.41, 5.74) is 1.78. The zero-order chi connectivity index (χ0) is 19.7. The minimum Gasteiger partial charge on any atom is -0.331 e. The van der Waals surface area contributed by atoms with Gasteiger partial charge in [0.2, 0.25) is 5.91 Å². The van der Waals surface area contributed by atoms with Crippen LogP contribution in [0.15, 0.2) is 66.0 Å². The molecule has 1 aromatic heterocycles. The Hall–Kier alpha value is -2.60.